The Bertz CT molecular complexity index is 2470. The molecule has 0 spiro atoms. The molecule has 320 valence electrons. The van der Waals surface area contributed by atoms with Crippen LogP contribution in [0.25, 0.3) is 28.0 Å². The lowest BCUT2D eigenvalue weighted by Crippen LogP contribution is -2.60. The van der Waals surface area contributed by atoms with Gasteiger partial charge < -0.3 is 25.0 Å². The van der Waals surface area contributed by atoms with Crippen LogP contribution in [0.3, 0.4) is 0 Å². The molecule has 0 radical (unpaired) electrons. The Morgan fingerprint density at radius 3 is 2.33 bits per heavy atom. The third-order valence-corrected chi connectivity index (χ3v) is 13.7. The second-order valence-electron chi connectivity index (χ2n) is 18.0. The first kappa shape index (κ1) is 40.9. The fourth-order valence-electron chi connectivity index (χ4n) is 10.4. The number of aryl methyl sites for hydroxylation is 3. The van der Waals surface area contributed by atoms with Gasteiger partial charge in [0.15, 0.2) is 0 Å². The number of hydrogen-bond donors (Lipinski definition) is 2. The molecule has 3 atom stereocenters. The molecule has 3 unspecified atom stereocenters. The summed E-state index contributed by atoms with van der Waals surface area (Å²) in [5, 5.41) is 11.3. The minimum absolute atomic E-state index is 0.108. The van der Waals surface area contributed by atoms with Crippen LogP contribution in [0, 0.1) is 18.6 Å². The summed E-state index contributed by atoms with van der Waals surface area (Å²) in [5.74, 6) is -0.583. The van der Waals surface area contributed by atoms with Crippen LogP contribution in [0.15, 0.2) is 79.8 Å². The lowest BCUT2D eigenvalue weighted by atomic mass is 9.87. The molecule has 7 heterocycles. The predicted molar refractivity (Wildman–Crippen MR) is 244 cm³/mol. The van der Waals surface area contributed by atoms with Crippen LogP contribution >= 0.6 is 0 Å². The van der Waals surface area contributed by atoms with Gasteiger partial charge in [-0.1, -0.05) is 32.6 Å². The van der Waals surface area contributed by atoms with Crippen molar-refractivity contribution in [1.29, 1.82) is 0 Å². The van der Waals surface area contributed by atoms with Gasteiger partial charge in [0, 0.05) is 120 Å². The molecular weight excluding hydrogens is 767 g/mol. The Balaban J connectivity index is 0.890. The van der Waals surface area contributed by atoms with Crippen LogP contribution in [0.4, 0.5) is 26.1 Å². The van der Waals surface area contributed by atoms with E-state index in [2.05, 4.69) is 98.9 Å². The van der Waals surface area contributed by atoms with Crippen molar-refractivity contribution in [2.24, 2.45) is 7.05 Å². The van der Waals surface area contributed by atoms with Crippen LogP contribution in [-0.2, 0) is 20.0 Å². The molecule has 5 aromatic rings. The third-order valence-electron chi connectivity index (χ3n) is 13.7. The predicted octanol–water partition coefficient (Wildman–Crippen LogP) is 9.68. The van der Waals surface area contributed by atoms with Crippen molar-refractivity contribution in [2.75, 3.05) is 41.3 Å². The minimum Gasteiger partial charge on any atom is -0.371 e. The van der Waals surface area contributed by atoms with Gasteiger partial charge in [-0.2, -0.15) is 5.10 Å². The van der Waals surface area contributed by atoms with Crippen molar-refractivity contribution in [3.63, 3.8) is 0 Å². The molecule has 9 rings (SSSR count). The molecule has 61 heavy (non-hydrogen) atoms. The summed E-state index contributed by atoms with van der Waals surface area (Å²) in [6.07, 6.45) is 10.5. The zero-order chi connectivity index (χ0) is 42.5. The van der Waals surface area contributed by atoms with E-state index in [0.29, 0.717) is 42.4 Å². The highest BCUT2D eigenvalue weighted by Crippen LogP contribution is 2.39. The lowest BCUT2D eigenvalue weighted by molar-refractivity contribution is 0.0941. The Hall–Kier alpha value is -5.49. The van der Waals surface area contributed by atoms with Crippen molar-refractivity contribution in [3.8, 4) is 11.3 Å². The summed E-state index contributed by atoms with van der Waals surface area (Å²) in [6, 6.07) is 15.0. The molecule has 4 aliphatic rings. The van der Waals surface area contributed by atoms with Crippen molar-refractivity contribution in [2.45, 2.75) is 109 Å². The van der Waals surface area contributed by atoms with Gasteiger partial charge in [0.1, 0.15) is 11.6 Å². The molecule has 3 saturated heterocycles. The summed E-state index contributed by atoms with van der Waals surface area (Å²) in [5.41, 5.74) is 11.4. The van der Waals surface area contributed by atoms with E-state index in [0.717, 1.165) is 129 Å². The highest BCUT2D eigenvalue weighted by Gasteiger charge is 2.36. The maximum Gasteiger partial charge on any atom is 0.208 e. The normalized spacial score (nSPS) is 22.3. The van der Waals surface area contributed by atoms with Gasteiger partial charge in [0.25, 0.3) is 0 Å². The number of piperidine rings is 2. The molecule has 12 heteroatoms. The van der Waals surface area contributed by atoms with E-state index in [1.807, 2.05) is 24.9 Å². The van der Waals surface area contributed by atoms with Gasteiger partial charge in [0.05, 0.1) is 22.9 Å². The van der Waals surface area contributed by atoms with Crippen LogP contribution < -0.4 is 20.4 Å². The topological polar surface area (TPSA) is 82.3 Å². The van der Waals surface area contributed by atoms with E-state index in [9.17, 15) is 0 Å². The van der Waals surface area contributed by atoms with E-state index < -0.39 is 17.6 Å². The Morgan fingerprint density at radius 2 is 1.56 bits per heavy atom. The van der Waals surface area contributed by atoms with Crippen molar-refractivity contribution < 1.29 is 8.78 Å². The summed E-state index contributed by atoms with van der Waals surface area (Å²) < 4.78 is 35.5. The van der Waals surface area contributed by atoms with E-state index in [4.69, 9.17) is 9.97 Å². The highest BCUT2D eigenvalue weighted by molar-refractivity contribution is 5.85. The molecule has 0 amide bonds. The largest absolute Gasteiger partial charge is 0.371 e. The number of rotatable bonds is 4. The number of aromatic nitrogens is 5. The number of benzene rings is 2. The average molecular weight is 827 g/mol. The SMILES string of the molecule is C=C1CCC(c2c(F)cc(N3CCC(N4CC(C)N(c5ccc6nc7n(c6c5)CCCCCCc5c(cnn5C)-c5cc(cc(C)n5)C(=C)N7)CC4C)CC3)cc2F)C(=C)N1. The Labute approximate surface area is 359 Å². The molecule has 10 nitrogen and oxygen atoms in total. The Kier molecular flexibility index (Phi) is 11.2. The first-order chi connectivity index (χ1) is 29.4. The zero-order valence-electron chi connectivity index (χ0n) is 36.3. The number of piperazine rings is 1. The molecule has 3 aromatic heterocycles. The summed E-state index contributed by atoms with van der Waals surface area (Å²) in [4.78, 5) is 17.4. The molecule has 2 N–H and O–H groups in total. The fourth-order valence-corrected chi connectivity index (χ4v) is 10.4. The first-order valence-corrected chi connectivity index (χ1v) is 22.3. The zero-order valence-corrected chi connectivity index (χ0v) is 36.3. The monoisotopic (exact) mass is 826 g/mol. The number of anilines is 3. The number of fused-ring (bicyclic) bond motifs is 7. The second kappa shape index (κ2) is 16.8. The number of nitrogens with zero attached hydrogens (tertiary/aromatic N) is 8. The van der Waals surface area contributed by atoms with Gasteiger partial charge in [-0.3, -0.25) is 14.6 Å². The van der Waals surface area contributed by atoms with Gasteiger partial charge >= 0.3 is 0 Å². The third kappa shape index (κ3) is 8.07. The molecule has 3 fully saturated rings. The summed E-state index contributed by atoms with van der Waals surface area (Å²) in [7, 11) is 2.02. The number of imidazole rings is 1. The molecule has 0 aliphatic carbocycles. The summed E-state index contributed by atoms with van der Waals surface area (Å²) in [6.45, 7) is 23.4. The number of hydrogen-bond acceptors (Lipinski definition) is 8. The van der Waals surface area contributed by atoms with Crippen molar-refractivity contribution >= 4 is 34.1 Å². The van der Waals surface area contributed by atoms with Crippen molar-refractivity contribution in [1.82, 2.24) is 34.5 Å². The second-order valence-corrected chi connectivity index (χ2v) is 18.0. The maximum atomic E-state index is 15.6. The number of allylic oxidation sites excluding steroid dienone is 2. The van der Waals surface area contributed by atoms with Crippen LogP contribution in [0.2, 0.25) is 0 Å². The number of pyridine rings is 1. The molecule has 2 bridgehead atoms. The molecule has 4 aliphatic heterocycles. The van der Waals surface area contributed by atoms with Gasteiger partial charge in [-0.25, -0.2) is 13.8 Å². The summed E-state index contributed by atoms with van der Waals surface area (Å²) >= 11 is 0. The quantitative estimate of drug-likeness (QED) is 0.186. The van der Waals surface area contributed by atoms with E-state index >= 15 is 8.78 Å². The standard InChI is InChI=1S/C49H60F2N10/c1-30-13-15-40(35(6)53-30)48-42(50)24-39(25-43(48)51)58-20-17-37(18-21-58)60-28-33(4)61(29-32(60)3)38-14-16-44-47(26-38)59-19-11-9-8-10-12-46-41(27-52-57(46)7)45-23-36(22-31(2)54-45)34(5)55-49(59)56-44/h14,16,22-27,32-33,37,40,53H,1,5-6,8-13,15,17-21,28-29H2,2-4,7H3,(H,55,56). The van der Waals surface area contributed by atoms with Crippen LogP contribution in [0.1, 0.15) is 93.6 Å². The molecule has 0 saturated carbocycles. The first-order valence-electron chi connectivity index (χ1n) is 22.3. The van der Waals surface area contributed by atoms with Crippen molar-refractivity contribution in [3.05, 3.63) is 114 Å². The highest BCUT2D eigenvalue weighted by atomic mass is 19.1. The molecular formula is C49H60F2N10. The van der Waals surface area contributed by atoms with Gasteiger partial charge in [-0.15, -0.1) is 0 Å². The van der Waals surface area contributed by atoms with Gasteiger partial charge in [0.2, 0.25) is 5.95 Å². The van der Waals surface area contributed by atoms with Gasteiger partial charge in [-0.05, 0) is 108 Å². The smallest absolute Gasteiger partial charge is 0.208 e. The fraction of sp³-hybridized carbons (Fsp3) is 0.449. The van der Waals surface area contributed by atoms with Crippen LogP contribution in [-0.4, -0.2) is 73.5 Å². The van der Waals surface area contributed by atoms with E-state index in [1.165, 1.54) is 23.5 Å². The lowest BCUT2D eigenvalue weighted by Gasteiger charge is -2.50. The maximum absolute atomic E-state index is 15.6. The minimum atomic E-state index is -0.496. The average Bonchev–Trinajstić information content (AvgIpc) is 3.77. The Morgan fingerprint density at radius 1 is 0.787 bits per heavy atom. The number of nitrogens with one attached hydrogen (secondary N) is 2. The van der Waals surface area contributed by atoms with Crippen LogP contribution in [0.5, 0.6) is 0 Å². The number of halogens is 2. The van der Waals surface area contributed by atoms with E-state index in [1.54, 1.807) is 0 Å². The molecule has 2 aromatic carbocycles. The van der Waals surface area contributed by atoms with E-state index in [-0.39, 0.29) is 5.56 Å².